The molecule has 0 aromatic rings. The van der Waals surface area contributed by atoms with Crippen LogP contribution >= 0.6 is 0 Å². The Morgan fingerprint density at radius 1 is 1.60 bits per heavy atom. The van der Waals surface area contributed by atoms with E-state index in [1.54, 1.807) is 4.90 Å². The van der Waals surface area contributed by atoms with Crippen molar-refractivity contribution >= 4 is 11.9 Å². The largest absolute Gasteiger partial charge is 0.481 e. The minimum atomic E-state index is -0.877. The minimum Gasteiger partial charge on any atom is -0.481 e. The summed E-state index contributed by atoms with van der Waals surface area (Å²) in [6, 6.07) is 0. The first-order chi connectivity index (χ1) is 7.16. The molecule has 0 spiro atoms. The third-order valence-electron chi connectivity index (χ3n) is 3.01. The summed E-state index contributed by atoms with van der Waals surface area (Å²) in [5.74, 6) is -1.46. The Bertz CT molecular complexity index is 273. The molecule has 1 amide bonds. The van der Waals surface area contributed by atoms with Crippen LogP contribution in [-0.4, -0.2) is 47.7 Å². The Morgan fingerprint density at radius 2 is 2.40 bits per heavy atom. The Morgan fingerprint density at radius 3 is 2.93 bits per heavy atom. The molecule has 0 unspecified atom stereocenters. The molecule has 84 valence electrons. The third-order valence-corrected chi connectivity index (χ3v) is 3.01. The number of aliphatic carboxylic acids is 1. The highest BCUT2D eigenvalue weighted by molar-refractivity contribution is 5.86. The summed E-state index contributed by atoms with van der Waals surface area (Å²) in [4.78, 5) is 23.8. The van der Waals surface area contributed by atoms with Crippen molar-refractivity contribution in [2.45, 2.75) is 25.4 Å². The molecule has 2 fully saturated rings. The van der Waals surface area contributed by atoms with Crippen molar-refractivity contribution in [3.8, 4) is 0 Å². The number of hydrogen-bond acceptors (Lipinski definition) is 3. The molecule has 2 aliphatic rings. The van der Waals surface area contributed by atoms with Crippen LogP contribution in [0.3, 0.4) is 0 Å². The fourth-order valence-electron chi connectivity index (χ4n) is 2.15. The van der Waals surface area contributed by atoms with Crippen LogP contribution in [0.15, 0.2) is 0 Å². The highest BCUT2D eigenvalue weighted by atomic mass is 16.5. The van der Waals surface area contributed by atoms with Crippen LogP contribution in [0, 0.1) is 5.92 Å². The Kier molecular flexibility index (Phi) is 2.90. The zero-order valence-corrected chi connectivity index (χ0v) is 8.52. The van der Waals surface area contributed by atoms with Gasteiger partial charge in [-0.15, -0.1) is 0 Å². The molecule has 1 N–H and O–H groups in total. The first kappa shape index (κ1) is 10.4. The summed E-state index contributed by atoms with van der Waals surface area (Å²) in [6.45, 7) is 1.66. The maximum absolute atomic E-state index is 11.5. The summed E-state index contributed by atoms with van der Waals surface area (Å²) >= 11 is 0. The van der Waals surface area contributed by atoms with Crippen molar-refractivity contribution in [3.05, 3.63) is 0 Å². The first-order valence-corrected chi connectivity index (χ1v) is 5.29. The first-order valence-electron chi connectivity index (χ1n) is 5.29. The topological polar surface area (TPSA) is 66.8 Å². The molecule has 2 rings (SSSR count). The van der Waals surface area contributed by atoms with E-state index in [1.807, 2.05) is 0 Å². The molecular weight excluding hydrogens is 198 g/mol. The molecule has 5 heteroatoms. The smallest absolute Gasteiger partial charge is 0.308 e. The number of ether oxygens (including phenoxy) is 1. The SMILES string of the molecule is O=C(O)[C@H]1CC(=O)N(C[C@H]2CCCO2)C1. The van der Waals surface area contributed by atoms with Crippen LogP contribution in [0.2, 0.25) is 0 Å². The number of likely N-dealkylation sites (tertiary alicyclic amines) is 1. The molecule has 2 aliphatic heterocycles. The van der Waals surface area contributed by atoms with Gasteiger partial charge in [0.15, 0.2) is 0 Å². The molecule has 0 saturated carbocycles. The van der Waals surface area contributed by atoms with Gasteiger partial charge < -0.3 is 14.7 Å². The standard InChI is InChI=1S/C10H15NO4/c12-9-4-7(10(13)14)5-11(9)6-8-2-1-3-15-8/h7-8H,1-6H2,(H,13,14)/t7-,8+/m0/s1. The van der Waals surface area contributed by atoms with Crippen LogP contribution < -0.4 is 0 Å². The van der Waals surface area contributed by atoms with E-state index in [9.17, 15) is 9.59 Å². The van der Waals surface area contributed by atoms with Gasteiger partial charge in [0, 0.05) is 26.1 Å². The van der Waals surface area contributed by atoms with Gasteiger partial charge in [0.05, 0.1) is 12.0 Å². The number of amides is 1. The lowest BCUT2D eigenvalue weighted by Gasteiger charge is -2.19. The lowest BCUT2D eigenvalue weighted by atomic mass is 10.1. The quantitative estimate of drug-likeness (QED) is 0.722. The molecule has 2 atom stereocenters. The van der Waals surface area contributed by atoms with E-state index >= 15 is 0 Å². The van der Waals surface area contributed by atoms with E-state index in [4.69, 9.17) is 9.84 Å². The number of carbonyl (C=O) groups excluding carboxylic acids is 1. The molecule has 0 bridgehead atoms. The molecule has 0 aromatic heterocycles. The van der Waals surface area contributed by atoms with Crippen LogP contribution in [-0.2, 0) is 14.3 Å². The van der Waals surface area contributed by atoms with Crippen molar-refractivity contribution in [1.29, 1.82) is 0 Å². The van der Waals surface area contributed by atoms with Crippen molar-refractivity contribution in [3.63, 3.8) is 0 Å². The highest BCUT2D eigenvalue weighted by Crippen LogP contribution is 2.21. The molecule has 0 aromatic carbocycles. The zero-order valence-electron chi connectivity index (χ0n) is 8.52. The van der Waals surface area contributed by atoms with Gasteiger partial charge in [-0.25, -0.2) is 0 Å². The number of carboxylic acids is 1. The van der Waals surface area contributed by atoms with Crippen molar-refractivity contribution < 1.29 is 19.4 Å². The monoisotopic (exact) mass is 213 g/mol. The van der Waals surface area contributed by atoms with E-state index < -0.39 is 11.9 Å². The van der Waals surface area contributed by atoms with E-state index in [1.165, 1.54) is 0 Å². The van der Waals surface area contributed by atoms with Crippen molar-refractivity contribution in [2.75, 3.05) is 19.7 Å². The lowest BCUT2D eigenvalue weighted by molar-refractivity contribution is -0.141. The second-order valence-electron chi connectivity index (χ2n) is 4.17. The summed E-state index contributed by atoms with van der Waals surface area (Å²) in [7, 11) is 0. The summed E-state index contributed by atoms with van der Waals surface area (Å²) in [6.07, 6.45) is 2.26. The van der Waals surface area contributed by atoms with Gasteiger partial charge >= 0.3 is 5.97 Å². The van der Waals surface area contributed by atoms with Crippen LogP contribution in [0.25, 0.3) is 0 Å². The van der Waals surface area contributed by atoms with Crippen molar-refractivity contribution in [2.24, 2.45) is 5.92 Å². The number of carbonyl (C=O) groups is 2. The molecule has 2 heterocycles. The minimum absolute atomic E-state index is 0.0575. The highest BCUT2D eigenvalue weighted by Gasteiger charge is 2.35. The summed E-state index contributed by atoms with van der Waals surface area (Å²) in [5.41, 5.74) is 0. The molecule has 15 heavy (non-hydrogen) atoms. The average Bonchev–Trinajstić information content (AvgIpc) is 2.77. The molecular formula is C10H15NO4. The molecule has 0 radical (unpaired) electrons. The second kappa shape index (κ2) is 4.18. The number of rotatable bonds is 3. The van der Waals surface area contributed by atoms with Gasteiger partial charge in [-0.05, 0) is 12.8 Å². The van der Waals surface area contributed by atoms with E-state index in [0.717, 1.165) is 19.4 Å². The van der Waals surface area contributed by atoms with Gasteiger partial charge in [-0.2, -0.15) is 0 Å². The Balaban J connectivity index is 1.87. The third kappa shape index (κ3) is 2.28. The summed E-state index contributed by atoms with van der Waals surface area (Å²) in [5, 5.41) is 8.80. The van der Waals surface area contributed by atoms with Crippen LogP contribution in [0.5, 0.6) is 0 Å². The maximum Gasteiger partial charge on any atom is 0.308 e. The van der Waals surface area contributed by atoms with E-state index in [-0.39, 0.29) is 18.4 Å². The van der Waals surface area contributed by atoms with E-state index in [2.05, 4.69) is 0 Å². The molecule has 0 aliphatic carbocycles. The predicted molar refractivity (Wildman–Crippen MR) is 51.3 cm³/mol. The fraction of sp³-hybridized carbons (Fsp3) is 0.800. The normalized spacial score (nSPS) is 31.2. The van der Waals surface area contributed by atoms with Gasteiger partial charge in [0.25, 0.3) is 0 Å². The van der Waals surface area contributed by atoms with Crippen molar-refractivity contribution in [1.82, 2.24) is 4.90 Å². The summed E-state index contributed by atoms with van der Waals surface area (Å²) < 4.78 is 5.42. The van der Waals surface area contributed by atoms with Gasteiger partial charge in [-0.1, -0.05) is 0 Å². The predicted octanol–water partition coefficient (Wildman–Crippen LogP) is 0.0985. The van der Waals surface area contributed by atoms with Gasteiger partial charge in [0.1, 0.15) is 0 Å². The number of hydrogen-bond donors (Lipinski definition) is 1. The van der Waals surface area contributed by atoms with Gasteiger partial charge in [0.2, 0.25) is 5.91 Å². The van der Waals surface area contributed by atoms with Crippen LogP contribution in [0.4, 0.5) is 0 Å². The Labute approximate surface area is 88.0 Å². The second-order valence-corrected chi connectivity index (χ2v) is 4.17. The van der Waals surface area contributed by atoms with Crippen LogP contribution in [0.1, 0.15) is 19.3 Å². The number of carboxylic acid groups (broad SMARTS) is 1. The lowest BCUT2D eigenvalue weighted by Crippen LogP contribution is -2.33. The maximum atomic E-state index is 11.5. The molecule has 5 nitrogen and oxygen atoms in total. The molecule has 2 saturated heterocycles. The Hall–Kier alpha value is -1.10. The zero-order chi connectivity index (χ0) is 10.8. The van der Waals surface area contributed by atoms with E-state index in [0.29, 0.717) is 13.1 Å². The average molecular weight is 213 g/mol. The fourth-order valence-corrected chi connectivity index (χ4v) is 2.15. The number of nitrogens with zero attached hydrogens (tertiary/aromatic N) is 1. The van der Waals surface area contributed by atoms with Gasteiger partial charge in [-0.3, -0.25) is 9.59 Å².